The maximum atomic E-state index is 13.5. The monoisotopic (exact) mass is 451 g/mol. The van der Waals surface area contributed by atoms with Crippen molar-refractivity contribution >= 4 is 30.5 Å². The molecule has 0 saturated heterocycles. The summed E-state index contributed by atoms with van der Waals surface area (Å²) < 4.78 is 5.29. The first-order valence-corrected chi connectivity index (χ1v) is 11.2. The van der Waals surface area contributed by atoms with Crippen LogP contribution in [0.1, 0.15) is 65.6 Å². The van der Waals surface area contributed by atoms with E-state index in [-0.39, 0.29) is 23.7 Å². The average molecular weight is 452 g/mol. The minimum Gasteiger partial charge on any atom is -0.444 e. The quantitative estimate of drug-likeness (QED) is 0.527. The molecule has 2 atom stereocenters. The number of rotatable bonds is 8. The molecule has 7 nitrogen and oxygen atoms in total. The molecule has 0 saturated carbocycles. The normalized spacial score (nSPS) is 13.5. The zero-order valence-corrected chi connectivity index (χ0v) is 20.7. The highest BCUT2D eigenvalue weighted by Gasteiger charge is 2.37. The summed E-state index contributed by atoms with van der Waals surface area (Å²) in [6.07, 6.45) is -0.706. The van der Waals surface area contributed by atoms with Gasteiger partial charge in [-0.05, 0) is 61.0 Å². The first kappa shape index (κ1) is 26.8. The van der Waals surface area contributed by atoms with E-state index >= 15 is 0 Å². The molecule has 0 radical (unpaired) electrons. The number of amides is 3. The van der Waals surface area contributed by atoms with Gasteiger partial charge in [-0.25, -0.2) is 4.79 Å². The summed E-state index contributed by atoms with van der Waals surface area (Å²) in [6.45, 7) is 14.6. The van der Waals surface area contributed by atoms with E-state index in [9.17, 15) is 14.4 Å². The second kappa shape index (κ2) is 11.4. The molecule has 1 aromatic rings. The highest BCUT2D eigenvalue weighted by molar-refractivity contribution is 7.80. The maximum Gasteiger partial charge on any atom is 0.408 e. The van der Waals surface area contributed by atoms with Gasteiger partial charge in [0.1, 0.15) is 17.7 Å². The summed E-state index contributed by atoms with van der Waals surface area (Å²) in [4.78, 5) is 40.5. The minimum atomic E-state index is -0.945. The number of benzene rings is 1. The van der Waals surface area contributed by atoms with Crippen LogP contribution in [0.2, 0.25) is 0 Å². The molecule has 0 aromatic heterocycles. The van der Waals surface area contributed by atoms with Crippen molar-refractivity contribution in [1.82, 2.24) is 15.5 Å². The molecular formula is C23H37N3O4S. The van der Waals surface area contributed by atoms with E-state index < -0.39 is 29.7 Å². The molecule has 174 valence electrons. The molecule has 1 aromatic carbocycles. The Labute approximate surface area is 191 Å². The van der Waals surface area contributed by atoms with E-state index in [2.05, 4.69) is 23.3 Å². The largest absolute Gasteiger partial charge is 0.444 e. The Balaban J connectivity index is 3.33. The maximum absolute atomic E-state index is 13.5. The highest BCUT2D eigenvalue weighted by Crippen LogP contribution is 2.26. The third-order valence-corrected chi connectivity index (χ3v) is 4.66. The fraction of sp³-hybridized carbons (Fsp3) is 0.609. The Morgan fingerprint density at radius 2 is 1.71 bits per heavy atom. The van der Waals surface area contributed by atoms with Crippen molar-refractivity contribution in [3.8, 4) is 0 Å². The average Bonchev–Trinajstić information content (AvgIpc) is 2.60. The summed E-state index contributed by atoms with van der Waals surface area (Å²) in [5.41, 5.74) is 0.983. The summed E-state index contributed by atoms with van der Waals surface area (Å²) in [5, 5.41) is 5.51. The lowest BCUT2D eigenvalue weighted by Crippen LogP contribution is -2.56. The molecule has 2 unspecified atom stereocenters. The summed E-state index contributed by atoms with van der Waals surface area (Å²) in [6, 6.07) is 5.32. The molecule has 0 aliphatic rings. The van der Waals surface area contributed by atoms with Crippen LogP contribution < -0.4 is 10.6 Å². The van der Waals surface area contributed by atoms with Gasteiger partial charge < -0.3 is 20.3 Å². The third kappa shape index (κ3) is 8.44. The van der Waals surface area contributed by atoms with E-state index in [1.165, 1.54) is 4.90 Å². The van der Waals surface area contributed by atoms with Crippen LogP contribution in [0.3, 0.4) is 0 Å². The molecule has 0 fully saturated rings. The molecule has 0 heterocycles. The molecule has 3 amide bonds. The van der Waals surface area contributed by atoms with E-state index in [0.717, 1.165) is 5.56 Å². The number of hydrogen-bond donors (Lipinski definition) is 3. The summed E-state index contributed by atoms with van der Waals surface area (Å²) >= 11 is 4.27. The molecule has 1 rings (SSSR count). The molecule has 31 heavy (non-hydrogen) atoms. The Hall–Kier alpha value is -2.22. The minimum absolute atomic E-state index is 0.0631. The van der Waals surface area contributed by atoms with E-state index in [4.69, 9.17) is 4.74 Å². The Kier molecular flexibility index (Phi) is 9.87. The molecule has 0 bridgehead atoms. The van der Waals surface area contributed by atoms with Crippen molar-refractivity contribution in [2.24, 2.45) is 0 Å². The van der Waals surface area contributed by atoms with E-state index in [1.807, 2.05) is 58.9 Å². The number of carbonyl (C=O) groups is 3. The van der Waals surface area contributed by atoms with Crippen molar-refractivity contribution in [2.75, 3.05) is 5.75 Å². The molecule has 0 aliphatic heterocycles. The number of nitrogens with zero attached hydrogens (tertiary/aromatic N) is 1. The summed E-state index contributed by atoms with van der Waals surface area (Å²) in [5.74, 6) is -0.618. The van der Waals surface area contributed by atoms with Gasteiger partial charge in [-0.15, -0.1) is 0 Å². The lowest BCUT2D eigenvalue weighted by molar-refractivity contribution is -0.144. The van der Waals surface area contributed by atoms with Gasteiger partial charge in [0.15, 0.2) is 0 Å². The number of aryl methyl sites for hydroxylation is 1. The van der Waals surface area contributed by atoms with Crippen molar-refractivity contribution in [1.29, 1.82) is 0 Å². The van der Waals surface area contributed by atoms with Gasteiger partial charge in [-0.2, -0.15) is 12.6 Å². The Bertz CT molecular complexity index is 774. The standard InChI is InChI=1S/C23H37N3O4S/c1-14(2)24-20(27)19(17-11-9-10-16(5)12-17)26(15(3)4)21(28)18(13-31)25-22(29)30-23(6,7)8/h9-12,14-15,18-19,31H,13H2,1-8H3,(H,24,27)(H,25,29). The fourth-order valence-corrected chi connectivity index (χ4v) is 3.38. The number of thiol groups is 1. The summed E-state index contributed by atoms with van der Waals surface area (Å²) in [7, 11) is 0. The van der Waals surface area contributed by atoms with Crippen LogP contribution >= 0.6 is 12.6 Å². The first-order valence-electron chi connectivity index (χ1n) is 10.6. The van der Waals surface area contributed by atoms with E-state index in [1.54, 1.807) is 20.8 Å². The number of hydrogen-bond acceptors (Lipinski definition) is 5. The van der Waals surface area contributed by atoms with Crippen LogP contribution in [-0.2, 0) is 14.3 Å². The number of ether oxygens (including phenoxy) is 1. The number of carbonyl (C=O) groups excluding carboxylic acids is 3. The van der Waals surface area contributed by atoms with Gasteiger partial charge in [0.2, 0.25) is 11.8 Å². The second-order valence-corrected chi connectivity index (χ2v) is 9.57. The zero-order chi connectivity index (χ0) is 23.9. The van der Waals surface area contributed by atoms with Crippen molar-refractivity contribution in [3.05, 3.63) is 35.4 Å². The lowest BCUT2D eigenvalue weighted by atomic mass is 9.99. The molecular weight excluding hydrogens is 414 g/mol. The van der Waals surface area contributed by atoms with Gasteiger partial charge in [-0.1, -0.05) is 29.8 Å². The first-order chi connectivity index (χ1) is 14.3. The van der Waals surface area contributed by atoms with Gasteiger partial charge in [0, 0.05) is 17.8 Å². The van der Waals surface area contributed by atoms with Crippen LogP contribution in [0.15, 0.2) is 24.3 Å². The van der Waals surface area contributed by atoms with Crippen LogP contribution in [0, 0.1) is 6.92 Å². The Morgan fingerprint density at radius 1 is 1.10 bits per heavy atom. The lowest BCUT2D eigenvalue weighted by Gasteiger charge is -2.37. The topological polar surface area (TPSA) is 87.7 Å². The molecule has 2 N–H and O–H groups in total. The van der Waals surface area contributed by atoms with Gasteiger partial charge in [-0.3, -0.25) is 9.59 Å². The van der Waals surface area contributed by atoms with Gasteiger partial charge in [0.25, 0.3) is 0 Å². The SMILES string of the molecule is Cc1cccc(C(C(=O)NC(C)C)N(C(=O)C(CS)NC(=O)OC(C)(C)C)C(C)C)c1. The van der Waals surface area contributed by atoms with Gasteiger partial charge in [0.05, 0.1) is 0 Å². The van der Waals surface area contributed by atoms with Crippen molar-refractivity contribution in [2.45, 2.75) is 85.2 Å². The van der Waals surface area contributed by atoms with Crippen LogP contribution in [-0.4, -0.2) is 52.3 Å². The van der Waals surface area contributed by atoms with E-state index in [0.29, 0.717) is 5.56 Å². The molecule has 0 spiro atoms. The smallest absolute Gasteiger partial charge is 0.408 e. The van der Waals surface area contributed by atoms with Crippen molar-refractivity contribution < 1.29 is 19.1 Å². The van der Waals surface area contributed by atoms with Gasteiger partial charge >= 0.3 is 6.09 Å². The number of nitrogens with one attached hydrogen (secondary N) is 2. The molecule has 8 heteroatoms. The second-order valence-electron chi connectivity index (χ2n) is 9.20. The fourth-order valence-electron chi connectivity index (χ4n) is 3.14. The van der Waals surface area contributed by atoms with Crippen molar-refractivity contribution in [3.63, 3.8) is 0 Å². The zero-order valence-electron chi connectivity index (χ0n) is 19.9. The molecule has 0 aliphatic carbocycles. The third-order valence-electron chi connectivity index (χ3n) is 4.30. The van der Waals surface area contributed by atoms with Crippen LogP contribution in [0.4, 0.5) is 4.79 Å². The predicted molar refractivity (Wildman–Crippen MR) is 126 cm³/mol. The van der Waals surface area contributed by atoms with Crippen LogP contribution in [0.25, 0.3) is 0 Å². The highest BCUT2D eigenvalue weighted by atomic mass is 32.1. The Morgan fingerprint density at radius 3 is 2.16 bits per heavy atom. The number of alkyl carbamates (subject to hydrolysis) is 1. The predicted octanol–water partition coefficient (Wildman–Crippen LogP) is 3.62. The van der Waals surface area contributed by atoms with Crippen LogP contribution in [0.5, 0.6) is 0 Å².